The van der Waals surface area contributed by atoms with Crippen molar-refractivity contribution in [2.75, 3.05) is 0 Å². The molecule has 0 bridgehead atoms. The van der Waals surface area contributed by atoms with Gasteiger partial charge in [-0.15, -0.1) is 0 Å². The third kappa shape index (κ3) is 2.05. The minimum atomic E-state index is -0.859. The molecule has 4 N–H and O–H groups in total. The minimum Gasteiger partial charge on any atom is -0.507 e. The fraction of sp³-hybridized carbons (Fsp3) is 0.0500. The van der Waals surface area contributed by atoms with Gasteiger partial charge in [0.25, 0.3) is 0 Å². The molecule has 134 valence electrons. The average molecular weight is 364 g/mol. The highest BCUT2D eigenvalue weighted by Gasteiger charge is 2.38. The van der Waals surface area contributed by atoms with E-state index in [1.807, 2.05) is 0 Å². The molecule has 0 spiro atoms. The van der Waals surface area contributed by atoms with Crippen LogP contribution in [0.15, 0.2) is 30.3 Å². The van der Waals surface area contributed by atoms with E-state index in [1.165, 1.54) is 31.2 Å². The number of fused-ring (bicyclic) bond motifs is 3. The number of carbonyl (C=O) groups excluding carboxylic acids is 3. The van der Waals surface area contributed by atoms with Gasteiger partial charge in [-0.1, -0.05) is 12.1 Å². The molecule has 1 aliphatic carbocycles. The lowest BCUT2D eigenvalue weighted by Crippen LogP contribution is -2.21. The van der Waals surface area contributed by atoms with Crippen molar-refractivity contribution < 1.29 is 34.8 Å². The van der Waals surface area contributed by atoms with E-state index in [0.29, 0.717) is 0 Å². The van der Waals surface area contributed by atoms with Gasteiger partial charge in [-0.05, 0) is 25.1 Å². The molecule has 0 atom stereocenters. The van der Waals surface area contributed by atoms with E-state index in [0.717, 1.165) is 6.07 Å². The van der Waals surface area contributed by atoms with Crippen molar-refractivity contribution in [3.63, 3.8) is 0 Å². The normalized spacial score (nSPS) is 12.8. The Morgan fingerprint density at radius 1 is 0.815 bits per heavy atom. The van der Waals surface area contributed by atoms with Crippen LogP contribution in [0.2, 0.25) is 0 Å². The van der Waals surface area contributed by atoms with Gasteiger partial charge in [0.15, 0.2) is 11.6 Å². The third-order valence-corrected chi connectivity index (χ3v) is 4.71. The summed E-state index contributed by atoms with van der Waals surface area (Å²) in [5.41, 5.74) is -1.30. The second kappa shape index (κ2) is 5.31. The molecule has 3 aromatic rings. The summed E-state index contributed by atoms with van der Waals surface area (Å²) in [6, 6.07) is 6.24. The van der Waals surface area contributed by atoms with Gasteiger partial charge in [0, 0.05) is 16.5 Å². The fourth-order valence-electron chi connectivity index (χ4n) is 3.43. The second-order valence-electron chi connectivity index (χ2n) is 6.28. The summed E-state index contributed by atoms with van der Waals surface area (Å²) in [5, 5.41) is 41.1. The fourth-order valence-corrected chi connectivity index (χ4v) is 3.43. The van der Waals surface area contributed by atoms with Crippen LogP contribution in [-0.2, 0) is 0 Å². The zero-order valence-electron chi connectivity index (χ0n) is 13.9. The number of hydrogen-bond donors (Lipinski definition) is 4. The molecule has 0 saturated heterocycles. The lowest BCUT2D eigenvalue weighted by Gasteiger charge is -2.22. The standard InChI is InChI=1S/C20H12O7/c1-7(21)8-5-10-14(12(23)6-8)20(27)16-15(18(10)25)17(24)9-3-2-4-11(22)13(9)19(16)26/h2-6,22-23,25,27H,1H3. The first-order chi connectivity index (χ1) is 12.7. The van der Waals surface area contributed by atoms with Crippen LogP contribution in [0.5, 0.6) is 23.0 Å². The molecule has 27 heavy (non-hydrogen) atoms. The maximum atomic E-state index is 12.9. The van der Waals surface area contributed by atoms with Crippen molar-refractivity contribution in [2.24, 2.45) is 0 Å². The lowest BCUT2D eigenvalue weighted by molar-refractivity contribution is 0.0972. The zero-order valence-corrected chi connectivity index (χ0v) is 13.9. The number of carbonyl (C=O) groups is 3. The molecule has 0 saturated carbocycles. The van der Waals surface area contributed by atoms with Gasteiger partial charge in [0.2, 0.25) is 5.78 Å². The molecule has 0 radical (unpaired) electrons. The average Bonchev–Trinajstić information content (AvgIpc) is 2.61. The Labute approximate surface area is 151 Å². The largest absolute Gasteiger partial charge is 0.507 e. The molecule has 0 fully saturated rings. The van der Waals surface area contributed by atoms with E-state index in [4.69, 9.17) is 0 Å². The molecule has 4 rings (SSSR count). The van der Waals surface area contributed by atoms with Crippen LogP contribution in [0.25, 0.3) is 10.8 Å². The first-order valence-electron chi connectivity index (χ1n) is 7.91. The van der Waals surface area contributed by atoms with Crippen molar-refractivity contribution in [3.05, 3.63) is 58.1 Å². The molecule has 0 unspecified atom stereocenters. The summed E-state index contributed by atoms with van der Waals surface area (Å²) in [5.74, 6) is -4.34. The second-order valence-corrected chi connectivity index (χ2v) is 6.28. The van der Waals surface area contributed by atoms with Crippen molar-refractivity contribution in [2.45, 2.75) is 6.92 Å². The lowest BCUT2D eigenvalue weighted by atomic mass is 9.80. The molecule has 0 amide bonds. The first-order valence-corrected chi connectivity index (χ1v) is 7.91. The van der Waals surface area contributed by atoms with Gasteiger partial charge in [-0.2, -0.15) is 0 Å². The highest BCUT2D eigenvalue weighted by Crippen LogP contribution is 2.48. The van der Waals surface area contributed by atoms with Crippen LogP contribution < -0.4 is 0 Å². The van der Waals surface area contributed by atoms with Crippen molar-refractivity contribution in [1.29, 1.82) is 0 Å². The summed E-state index contributed by atoms with van der Waals surface area (Å²) in [4.78, 5) is 37.4. The van der Waals surface area contributed by atoms with Gasteiger partial charge < -0.3 is 20.4 Å². The van der Waals surface area contributed by atoms with Crippen molar-refractivity contribution >= 4 is 28.1 Å². The highest BCUT2D eigenvalue weighted by atomic mass is 16.3. The smallest absolute Gasteiger partial charge is 0.202 e. The van der Waals surface area contributed by atoms with E-state index in [1.54, 1.807) is 0 Å². The Morgan fingerprint density at radius 3 is 2.15 bits per heavy atom. The van der Waals surface area contributed by atoms with Crippen molar-refractivity contribution in [1.82, 2.24) is 0 Å². The Hall–Kier alpha value is -3.87. The Bertz CT molecular complexity index is 1220. The van der Waals surface area contributed by atoms with Gasteiger partial charge in [0.05, 0.1) is 22.1 Å². The van der Waals surface area contributed by atoms with Crippen LogP contribution >= 0.6 is 0 Å². The van der Waals surface area contributed by atoms with Crippen LogP contribution in [0.1, 0.15) is 49.1 Å². The summed E-state index contributed by atoms with van der Waals surface area (Å²) < 4.78 is 0. The number of phenolic OH excluding ortho intramolecular Hbond substituents is 4. The van der Waals surface area contributed by atoms with E-state index < -0.39 is 51.5 Å². The van der Waals surface area contributed by atoms with Crippen LogP contribution in [0.4, 0.5) is 0 Å². The van der Waals surface area contributed by atoms with E-state index in [-0.39, 0.29) is 27.5 Å². The summed E-state index contributed by atoms with van der Waals surface area (Å²) >= 11 is 0. The number of aromatic hydroxyl groups is 4. The molecular weight excluding hydrogens is 352 g/mol. The highest BCUT2D eigenvalue weighted by molar-refractivity contribution is 6.33. The summed E-state index contributed by atoms with van der Waals surface area (Å²) in [7, 11) is 0. The first kappa shape index (κ1) is 16.6. The quantitative estimate of drug-likeness (QED) is 0.301. The van der Waals surface area contributed by atoms with Gasteiger partial charge in [-0.25, -0.2) is 0 Å². The van der Waals surface area contributed by atoms with Crippen molar-refractivity contribution in [3.8, 4) is 23.0 Å². The minimum absolute atomic E-state index is 0.0577. The van der Waals surface area contributed by atoms with Gasteiger partial charge >= 0.3 is 0 Å². The van der Waals surface area contributed by atoms with Crippen LogP contribution in [0, 0.1) is 0 Å². The molecule has 7 heteroatoms. The van der Waals surface area contributed by atoms with E-state index in [2.05, 4.69) is 0 Å². The number of Topliss-reactive ketones (excluding diaryl/α,β-unsaturated/α-hetero) is 1. The number of ketones is 3. The predicted octanol–water partition coefficient (Wildman–Crippen LogP) is 2.64. The third-order valence-electron chi connectivity index (χ3n) is 4.71. The van der Waals surface area contributed by atoms with Gasteiger partial charge in [0.1, 0.15) is 23.0 Å². The number of hydrogen-bond acceptors (Lipinski definition) is 7. The zero-order chi connectivity index (χ0) is 19.6. The molecule has 0 aromatic heterocycles. The maximum Gasteiger partial charge on any atom is 0.202 e. The Morgan fingerprint density at radius 2 is 1.48 bits per heavy atom. The monoisotopic (exact) mass is 364 g/mol. The molecule has 0 aliphatic heterocycles. The number of rotatable bonds is 1. The molecule has 3 aromatic carbocycles. The molecule has 0 heterocycles. The topological polar surface area (TPSA) is 132 Å². The SMILES string of the molecule is CC(=O)c1cc(O)c2c(O)c3c(c(O)c2c1)C(=O)c1cccc(O)c1C3=O. The van der Waals surface area contributed by atoms with Crippen LogP contribution in [-0.4, -0.2) is 37.8 Å². The molecule has 1 aliphatic rings. The number of phenols is 4. The molecular formula is C20H12O7. The Balaban J connectivity index is 2.18. The summed E-state index contributed by atoms with van der Waals surface area (Å²) in [6.07, 6.45) is 0. The van der Waals surface area contributed by atoms with Gasteiger partial charge in [-0.3, -0.25) is 14.4 Å². The maximum absolute atomic E-state index is 12.9. The molecule has 7 nitrogen and oxygen atoms in total. The van der Waals surface area contributed by atoms with E-state index >= 15 is 0 Å². The van der Waals surface area contributed by atoms with E-state index in [9.17, 15) is 34.8 Å². The summed E-state index contributed by atoms with van der Waals surface area (Å²) in [6.45, 7) is 1.25. The van der Waals surface area contributed by atoms with Crippen LogP contribution in [0.3, 0.4) is 0 Å². The predicted molar refractivity (Wildman–Crippen MR) is 93.9 cm³/mol. The number of benzene rings is 3. The Kier molecular flexibility index (Phi) is 3.26.